The zero-order valence-corrected chi connectivity index (χ0v) is 11.7. The number of nitrogens with two attached hydrogens (primary N) is 1. The maximum Gasteiger partial charge on any atom is 0.122 e. The molecule has 0 saturated carbocycles. The highest BCUT2D eigenvalue weighted by Gasteiger charge is 2.15. The lowest BCUT2D eigenvalue weighted by Gasteiger charge is -2.14. The first-order valence-corrected chi connectivity index (χ1v) is 6.63. The molecular weight excluding hydrogens is 240 g/mol. The first-order chi connectivity index (χ1) is 9.07. The fourth-order valence-electron chi connectivity index (χ4n) is 1.66. The van der Waals surface area contributed by atoms with Crippen LogP contribution < -0.4 is 15.2 Å². The first-order valence-electron chi connectivity index (χ1n) is 6.63. The molecule has 2 N–H and O–H groups in total. The number of nitrogens with zero attached hydrogens (tertiary/aromatic N) is 1. The summed E-state index contributed by atoms with van der Waals surface area (Å²) in [6, 6.07) is 9.70. The summed E-state index contributed by atoms with van der Waals surface area (Å²) in [7, 11) is 0. The van der Waals surface area contributed by atoms with Crippen molar-refractivity contribution in [1.82, 2.24) is 0 Å². The van der Waals surface area contributed by atoms with Gasteiger partial charge in [0.2, 0.25) is 0 Å². The third-order valence-corrected chi connectivity index (χ3v) is 2.73. The third-order valence-electron chi connectivity index (χ3n) is 2.73. The van der Waals surface area contributed by atoms with Gasteiger partial charge in [0.05, 0.1) is 19.3 Å². The molecule has 0 fully saturated rings. The lowest BCUT2D eigenvalue weighted by Crippen LogP contribution is -2.33. The van der Waals surface area contributed by atoms with Crippen molar-refractivity contribution in [1.29, 1.82) is 5.26 Å². The van der Waals surface area contributed by atoms with Gasteiger partial charge in [0.25, 0.3) is 0 Å². The van der Waals surface area contributed by atoms with E-state index in [1.807, 2.05) is 31.2 Å². The van der Waals surface area contributed by atoms with Crippen LogP contribution in [0.2, 0.25) is 0 Å². The molecule has 4 heteroatoms. The van der Waals surface area contributed by atoms with Crippen molar-refractivity contribution in [2.75, 3.05) is 13.2 Å². The maximum atomic E-state index is 8.79. The zero-order chi connectivity index (χ0) is 14.1. The van der Waals surface area contributed by atoms with E-state index in [2.05, 4.69) is 6.07 Å². The molecule has 1 aromatic carbocycles. The number of ether oxygens (including phenoxy) is 2. The standard InChI is InChI=1S/C15H22N2O2/c1-3-18-13-7-6-8-14(11-13)19-10-5-4-9-15(2,17)12-16/h6-8,11H,3-5,9-10,17H2,1-2H3. The predicted molar refractivity (Wildman–Crippen MR) is 75.2 cm³/mol. The van der Waals surface area contributed by atoms with E-state index in [1.165, 1.54) is 0 Å². The fourth-order valence-corrected chi connectivity index (χ4v) is 1.66. The second kappa shape index (κ2) is 7.65. The van der Waals surface area contributed by atoms with Crippen LogP contribution in [0.4, 0.5) is 0 Å². The van der Waals surface area contributed by atoms with Crippen molar-refractivity contribution in [2.24, 2.45) is 5.73 Å². The number of unbranched alkanes of at least 4 members (excludes halogenated alkanes) is 1. The molecule has 1 atom stereocenters. The van der Waals surface area contributed by atoms with E-state index in [0.29, 0.717) is 19.6 Å². The fraction of sp³-hybridized carbons (Fsp3) is 0.533. The van der Waals surface area contributed by atoms with E-state index in [-0.39, 0.29) is 0 Å². The quantitative estimate of drug-likeness (QED) is 0.731. The summed E-state index contributed by atoms with van der Waals surface area (Å²) < 4.78 is 11.0. The maximum absolute atomic E-state index is 8.79. The van der Waals surface area contributed by atoms with Crippen LogP contribution in [0.25, 0.3) is 0 Å². The van der Waals surface area contributed by atoms with Crippen molar-refractivity contribution in [3.63, 3.8) is 0 Å². The molecule has 0 radical (unpaired) electrons. The molecule has 104 valence electrons. The van der Waals surface area contributed by atoms with Gasteiger partial charge < -0.3 is 15.2 Å². The molecule has 0 aliphatic heterocycles. The second-order valence-electron chi connectivity index (χ2n) is 4.74. The molecule has 0 amide bonds. The molecule has 0 spiro atoms. The van der Waals surface area contributed by atoms with Gasteiger partial charge in [0, 0.05) is 6.07 Å². The van der Waals surface area contributed by atoms with Crippen molar-refractivity contribution in [3.8, 4) is 17.6 Å². The Morgan fingerprint density at radius 1 is 1.26 bits per heavy atom. The van der Waals surface area contributed by atoms with Crippen LogP contribution >= 0.6 is 0 Å². The van der Waals surface area contributed by atoms with Gasteiger partial charge >= 0.3 is 0 Å². The minimum absolute atomic E-state index is 0.622. The number of hydrogen-bond donors (Lipinski definition) is 1. The normalized spacial score (nSPS) is 13.4. The van der Waals surface area contributed by atoms with Gasteiger partial charge in [-0.3, -0.25) is 0 Å². The van der Waals surface area contributed by atoms with Crippen LogP contribution in [0.15, 0.2) is 24.3 Å². The number of nitriles is 1. The van der Waals surface area contributed by atoms with Gasteiger partial charge in [-0.15, -0.1) is 0 Å². The lowest BCUT2D eigenvalue weighted by molar-refractivity contribution is 0.295. The van der Waals surface area contributed by atoms with Crippen LogP contribution in [0.5, 0.6) is 11.5 Å². The lowest BCUT2D eigenvalue weighted by atomic mass is 9.98. The van der Waals surface area contributed by atoms with E-state index >= 15 is 0 Å². The zero-order valence-electron chi connectivity index (χ0n) is 11.7. The summed E-state index contributed by atoms with van der Waals surface area (Å²) in [5.74, 6) is 1.63. The molecule has 1 aromatic rings. The summed E-state index contributed by atoms with van der Waals surface area (Å²) in [5, 5.41) is 8.79. The number of hydrogen-bond acceptors (Lipinski definition) is 4. The summed E-state index contributed by atoms with van der Waals surface area (Å²) in [5.41, 5.74) is 5.02. The van der Waals surface area contributed by atoms with Crippen LogP contribution in [0.3, 0.4) is 0 Å². The van der Waals surface area contributed by atoms with Crippen molar-refractivity contribution < 1.29 is 9.47 Å². The Labute approximate surface area is 115 Å². The molecule has 0 aliphatic carbocycles. The van der Waals surface area contributed by atoms with Gasteiger partial charge in [-0.2, -0.15) is 5.26 Å². The Bertz CT molecular complexity index is 424. The Hall–Kier alpha value is -1.73. The highest BCUT2D eigenvalue weighted by atomic mass is 16.5. The largest absolute Gasteiger partial charge is 0.494 e. The first kappa shape index (κ1) is 15.3. The number of rotatable bonds is 8. The summed E-state index contributed by atoms with van der Waals surface area (Å²) in [4.78, 5) is 0. The third kappa shape index (κ3) is 6.12. The molecular formula is C15H22N2O2. The molecule has 19 heavy (non-hydrogen) atoms. The smallest absolute Gasteiger partial charge is 0.122 e. The average molecular weight is 262 g/mol. The van der Waals surface area contributed by atoms with Crippen LogP contribution in [0.1, 0.15) is 33.1 Å². The van der Waals surface area contributed by atoms with Gasteiger partial charge in [-0.25, -0.2) is 0 Å². The minimum atomic E-state index is -0.727. The SMILES string of the molecule is CCOc1cccc(OCCCCC(C)(N)C#N)c1. The molecule has 1 rings (SSSR count). The second-order valence-corrected chi connectivity index (χ2v) is 4.74. The molecule has 0 saturated heterocycles. The van der Waals surface area contributed by atoms with Crippen molar-refractivity contribution in [3.05, 3.63) is 24.3 Å². The molecule has 0 bridgehead atoms. The summed E-state index contributed by atoms with van der Waals surface area (Å²) in [6.07, 6.45) is 2.45. The van der Waals surface area contributed by atoms with E-state index in [9.17, 15) is 0 Å². The highest BCUT2D eigenvalue weighted by molar-refractivity contribution is 5.32. The van der Waals surface area contributed by atoms with E-state index in [0.717, 1.165) is 24.3 Å². The minimum Gasteiger partial charge on any atom is -0.494 e. The van der Waals surface area contributed by atoms with Crippen LogP contribution in [-0.2, 0) is 0 Å². The van der Waals surface area contributed by atoms with Gasteiger partial charge in [-0.05, 0) is 45.2 Å². The predicted octanol–water partition coefficient (Wildman–Crippen LogP) is 2.88. The molecule has 0 aromatic heterocycles. The van der Waals surface area contributed by atoms with E-state index in [4.69, 9.17) is 20.5 Å². The van der Waals surface area contributed by atoms with Crippen molar-refractivity contribution in [2.45, 2.75) is 38.6 Å². The molecule has 4 nitrogen and oxygen atoms in total. The van der Waals surface area contributed by atoms with Crippen LogP contribution in [-0.4, -0.2) is 18.8 Å². The summed E-state index contributed by atoms with van der Waals surface area (Å²) >= 11 is 0. The molecule has 0 aliphatic rings. The average Bonchev–Trinajstić information content (AvgIpc) is 2.39. The van der Waals surface area contributed by atoms with E-state index < -0.39 is 5.54 Å². The summed E-state index contributed by atoms with van der Waals surface area (Å²) in [6.45, 7) is 4.97. The van der Waals surface area contributed by atoms with Crippen molar-refractivity contribution >= 4 is 0 Å². The Morgan fingerprint density at radius 2 is 1.95 bits per heavy atom. The highest BCUT2D eigenvalue weighted by Crippen LogP contribution is 2.19. The Balaban J connectivity index is 2.26. The number of benzene rings is 1. The monoisotopic (exact) mass is 262 g/mol. The van der Waals surface area contributed by atoms with Crippen LogP contribution in [0, 0.1) is 11.3 Å². The molecule has 0 heterocycles. The van der Waals surface area contributed by atoms with Gasteiger partial charge in [-0.1, -0.05) is 6.07 Å². The molecule has 1 unspecified atom stereocenters. The Morgan fingerprint density at radius 3 is 2.58 bits per heavy atom. The Kier molecular flexibility index (Phi) is 6.17. The van der Waals surface area contributed by atoms with Gasteiger partial charge in [0.1, 0.15) is 17.0 Å². The van der Waals surface area contributed by atoms with E-state index in [1.54, 1.807) is 6.92 Å². The van der Waals surface area contributed by atoms with Gasteiger partial charge in [0.15, 0.2) is 0 Å². The topological polar surface area (TPSA) is 68.3 Å².